The fourth-order valence-corrected chi connectivity index (χ4v) is 1.53. The van der Waals surface area contributed by atoms with Gasteiger partial charge in [-0.05, 0) is 6.07 Å². The lowest BCUT2D eigenvalue weighted by atomic mass is 10.1. The number of nitrogens with zero attached hydrogens (tertiary/aromatic N) is 2. The number of amides is 1. The fourth-order valence-electron chi connectivity index (χ4n) is 1.53. The van der Waals surface area contributed by atoms with Gasteiger partial charge in [-0.25, -0.2) is 4.39 Å². The molecule has 114 valence electrons. The summed E-state index contributed by atoms with van der Waals surface area (Å²) in [7, 11) is 2.42. The molecule has 1 aromatic rings. The summed E-state index contributed by atoms with van der Waals surface area (Å²) in [5.41, 5.74) is -1.89. The number of carbonyl (C=O) groups excluding carboxylic acids is 2. The molecule has 0 aliphatic rings. The van der Waals surface area contributed by atoms with E-state index in [0.29, 0.717) is 12.1 Å². The van der Waals surface area contributed by atoms with E-state index in [-0.39, 0.29) is 13.0 Å². The van der Waals surface area contributed by atoms with Gasteiger partial charge in [-0.1, -0.05) is 0 Å². The van der Waals surface area contributed by atoms with Gasteiger partial charge in [0, 0.05) is 13.6 Å². The molecule has 1 aromatic carbocycles. The molecule has 0 aliphatic carbocycles. The normalized spacial score (nSPS) is 10.1. The van der Waals surface area contributed by atoms with Gasteiger partial charge in [0.2, 0.25) is 5.82 Å². The third kappa shape index (κ3) is 3.94. The Kier molecular flexibility index (Phi) is 5.28. The van der Waals surface area contributed by atoms with Crippen molar-refractivity contribution in [2.24, 2.45) is 0 Å². The minimum Gasteiger partial charge on any atom is -0.469 e. The first-order chi connectivity index (χ1) is 9.77. The van der Waals surface area contributed by atoms with Crippen LogP contribution in [0.1, 0.15) is 16.8 Å². The van der Waals surface area contributed by atoms with Crippen molar-refractivity contribution in [1.82, 2.24) is 4.90 Å². The van der Waals surface area contributed by atoms with Crippen LogP contribution in [0.2, 0.25) is 0 Å². The summed E-state index contributed by atoms with van der Waals surface area (Å²) >= 11 is 0. The van der Waals surface area contributed by atoms with Crippen LogP contribution in [0.15, 0.2) is 12.1 Å². The number of hydrogen-bond acceptors (Lipinski definition) is 5. The number of carbonyl (C=O) groups is 2. The largest absolute Gasteiger partial charge is 0.469 e. The van der Waals surface area contributed by atoms with Gasteiger partial charge in [-0.2, -0.15) is 4.39 Å². The summed E-state index contributed by atoms with van der Waals surface area (Å²) in [6.07, 6.45) is -0.141. The summed E-state index contributed by atoms with van der Waals surface area (Å²) in [6.45, 7) is -0.102. The minimum atomic E-state index is -1.42. The van der Waals surface area contributed by atoms with Gasteiger partial charge in [0.15, 0.2) is 0 Å². The van der Waals surface area contributed by atoms with Crippen molar-refractivity contribution < 1.29 is 28.0 Å². The summed E-state index contributed by atoms with van der Waals surface area (Å²) in [5.74, 6) is -4.08. The Morgan fingerprint density at radius 1 is 1.38 bits per heavy atom. The molecule has 0 spiro atoms. The van der Waals surface area contributed by atoms with Gasteiger partial charge in [-0.3, -0.25) is 19.7 Å². The van der Waals surface area contributed by atoms with Crippen molar-refractivity contribution in [3.8, 4) is 0 Å². The molecule has 1 rings (SSSR count). The number of nitro benzene ring substituents is 1. The number of benzene rings is 1. The molecular formula is C12H12F2N2O5. The van der Waals surface area contributed by atoms with Crippen molar-refractivity contribution in [3.63, 3.8) is 0 Å². The van der Waals surface area contributed by atoms with E-state index in [4.69, 9.17) is 0 Å². The first-order valence-electron chi connectivity index (χ1n) is 5.73. The van der Waals surface area contributed by atoms with Crippen LogP contribution in [0.3, 0.4) is 0 Å². The molecule has 9 heteroatoms. The van der Waals surface area contributed by atoms with Gasteiger partial charge in [-0.15, -0.1) is 0 Å². The predicted octanol–water partition coefficient (Wildman–Crippen LogP) is 1.51. The van der Waals surface area contributed by atoms with E-state index in [0.717, 1.165) is 4.90 Å². The summed E-state index contributed by atoms with van der Waals surface area (Å²) < 4.78 is 31.5. The SMILES string of the molecule is COC(=O)CCN(C)C(=O)c1cc(F)cc([N+](=O)[O-])c1F. The molecular weight excluding hydrogens is 290 g/mol. The van der Waals surface area contributed by atoms with Crippen LogP contribution in [0, 0.1) is 21.7 Å². The zero-order chi connectivity index (χ0) is 16.2. The second-order valence-corrected chi connectivity index (χ2v) is 4.10. The van der Waals surface area contributed by atoms with Crippen LogP contribution < -0.4 is 0 Å². The van der Waals surface area contributed by atoms with Gasteiger partial charge >= 0.3 is 11.7 Å². The van der Waals surface area contributed by atoms with Gasteiger partial charge < -0.3 is 9.64 Å². The predicted molar refractivity (Wildman–Crippen MR) is 66.6 cm³/mol. The maximum absolute atomic E-state index is 13.8. The van der Waals surface area contributed by atoms with Crippen molar-refractivity contribution in [2.45, 2.75) is 6.42 Å². The fraction of sp³-hybridized carbons (Fsp3) is 0.333. The smallest absolute Gasteiger partial charge is 0.308 e. The van der Waals surface area contributed by atoms with Crippen LogP contribution >= 0.6 is 0 Å². The Morgan fingerprint density at radius 2 is 2.00 bits per heavy atom. The van der Waals surface area contributed by atoms with Crippen LogP contribution in [-0.2, 0) is 9.53 Å². The number of methoxy groups -OCH3 is 1. The molecule has 0 saturated heterocycles. The van der Waals surface area contributed by atoms with E-state index >= 15 is 0 Å². The molecule has 0 bridgehead atoms. The molecule has 0 heterocycles. The highest BCUT2D eigenvalue weighted by Gasteiger charge is 2.26. The lowest BCUT2D eigenvalue weighted by Crippen LogP contribution is -2.30. The number of halogens is 2. The van der Waals surface area contributed by atoms with Crippen LogP contribution in [0.25, 0.3) is 0 Å². The lowest BCUT2D eigenvalue weighted by Gasteiger charge is -2.16. The van der Waals surface area contributed by atoms with Gasteiger partial charge in [0.1, 0.15) is 5.82 Å². The van der Waals surface area contributed by atoms with Crippen LogP contribution in [-0.4, -0.2) is 42.4 Å². The topological polar surface area (TPSA) is 89.8 Å². The van der Waals surface area contributed by atoms with E-state index in [2.05, 4.69) is 4.74 Å². The minimum absolute atomic E-state index is 0.102. The van der Waals surface area contributed by atoms with E-state index < -0.39 is 39.7 Å². The second-order valence-electron chi connectivity index (χ2n) is 4.10. The first kappa shape index (κ1) is 16.5. The van der Waals surface area contributed by atoms with Gasteiger partial charge in [0.25, 0.3) is 5.91 Å². The molecule has 0 fully saturated rings. The Bertz CT molecular complexity index is 591. The third-order valence-electron chi connectivity index (χ3n) is 2.67. The maximum atomic E-state index is 13.8. The molecule has 0 aromatic heterocycles. The zero-order valence-electron chi connectivity index (χ0n) is 11.3. The molecule has 0 unspecified atom stereocenters. The number of rotatable bonds is 5. The number of ether oxygens (including phenoxy) is 1. The second kappa shape index (κ2) is 6.73. The highest BCUT2D eigenvalue weighted by atomic mass is 19.1. The standard InChI is InChI=1S/C12H12F2N2O5/c1-15(4-3-10(17)21-2)12(18)8-5-7(13)6-9(11(8)14)16(19)20/h5-6H,3-4H2,1-2H3. The Balaban J connectivity index is 3.02. The Morgan fingerprint density at radius 3 is 2.52 bits per heavy atom. The number of esters is 1. The van der Waals surface area contributed by atoms with Gasteiger partial charge in [0.05, 0.1) is 30.1 Å². The summed E-state index contributed by atoms with van der Waals surface area (Å²) in [6, 6.07) is 0.958. The van der Waals surface area contributed by atoms with E-state index in [1.807, 2.05) is 0 Å². The van der Waals surface area contributed by atoms with Crippen LogP contribution in [0.4, 0.5) is 14.5 Å². The highest BCUT2D eigenvalue weighted by Crippen LogP contribution is 2.23. The van der Waals surface area contributed by atoms with Crippen molar-refractivity contribution in [2.75, 3.05) is 20.7 Å². The number of nitro groups is 1. The quantitative estimate of drug-likeness (QED) is 0.467. The van der Waals surface area contributed by atoms with Crippen molar-refractivity contribution in [1.29, 1.82) is 0 Å². The molecule has 0 aliphatic heterocycles. The third-order valence-corrected chi connectivity index (χ3v) is 2.67. The lowest BCUT2D eigenvalue weighted by molar-refractivity contribution is -0.387. The molecule has 0 atom stereocenters. The Labute approximate surface area is 118 Å². The molecule has 7 nitrogen and oxygen atoms in total. The average Bonchev–Trinajstić information content (AvgIpc) is 2.45. The average molecular weight is 302 g/mol. The van der Waals surface area contributed by atoms with Crippen molar-refractivity contribution >= 4 is 17.6 Å². The maximum Gasteiger partial charge on any atom is 0.308 e. The zero-order valence-corrected chi connectivity index (χ0v) is 11.3. The van der Waals surface area contributed by atoms with Crippen LogP contribution in [0.5, 0.6) is 0 Å². The summed E-state index contributed by atoms with van der Waals surface area (Å²) in [4.78, 5) is 33.3. The van der Waals surface area contributed by atoms with E-state index in [1.165, 1.54) is 14.2 Å². The number of hydrogen-bond donors (Lipinski definition) is 0. The van der Waals surface area contributed by atoms with Crippen molar-refractivity contribution in [3.05, 3.63) is 39.4 Å². The molecule has 1 amide bonds. The molecule has 0 N–H and O–H groups in total. The highest BCUT2D eigenvalue weighted by molar-refractivity contribution is 5.95. The van der Waals surface area contributed by atoms with E-state index in [9.17, 15) is 28.5 Å². The molecule has 0 saturated carbocycles. The Hall–Kier alpha value is -2.58. The summed E-state index contributed by atoms with van der Waals surface area (Å²) in [5, 5.41) is 10.6. The molecule has 21 heavy (non-hydrogen) atoms. The van der Waals surface area contributed by atoms with E-state index in [1.54, 1.807) is 0 Å². The molecule has 0 radical (unpaired) electrons. The monoisotopic (exact) mass is 302 g/mol. The first-order valence-corrected chi connectivity index (χ1v) is 5.73.